The Balaban J connectivity index is 1.76. The second-order valence-electron chi connectivity index (χ2n) is 7.78. The minimum atomic E-state index is -0.376. The molecule has 1 heterocycles. The van der Waals surface area contributed by atoms with Crippen LogP contribution in [0.25, 0.3) is 0 Å². The lowest BCUT2D eigenvalue weighted by Gasteiger charge is -2.12. The molecule has 0 fully saturated rings. The standard InChI is InChI=1S/C21H30N4O4/c1-6-28-16-11-8-7-10-15(16)18(27)22-13-9-12-17(26)23-14(2)19-24-20(25-29-19)21(3,4)5/h7-8,10-11,14H,6,9,12-13H2,1-5H3,(H,22,27)(H,23,26)/t14-/m1/s1. The van der Waals surface area contributed by atoms with E-state index in [-0.39, 0.29) is 29.7 Å². The zero-order chi connectivity index (χ0) is 21.4. The van der Waals surface area contributed by atoms with E-state index >= 15 is 0 Å². The number of hydrogen-bond donors (Lipinski definition) is 2. The smallest absolute Gasteiger partial charge is 0.255 e. The van der Waals surface area contributed by atoms with Gasteiger partial charge < -0.3 is 19.9 Å². The Hall–Kier alpha value is -2.90. The molecule has 2 amide bonds. The Morgan fingerprint density at radius 1 is 1.24 bits per heavy atom. The number of carbonyl (C=O) groups excluding carboxylic acids is 2. The minimum absolute atomic E-state index is 0.142. The van der Waals surface area contributed by atoms with Crippen LogP contribution in [0.3, 0.4) is 0 Å². The average molecular weight is 402 g/mol. The van der Waals surface area contributed by atoms with Crippen molar-refractivity contribution in [1.29, 1.82) is 0 Å². The lowest BCUT2D eigenvalue weighted by atomic mass is 9.96. The molecule has 0 saturated carbocycles. The summed E-state index contributed by atoms with van der Waals surface area (Å²) in [7, 11) is 0. The molecule has 0 unspecified atom stereocenters. The number of nitrogens with one attached hydrogen (secondary N) is 2. The van der Waals surface area contributed by atoms with Gasteiger partial charge >= 0.3 is 0 Å². The highest BCUT2D eigenvalue weighted by Crippen LogP contribution is 2.21. The van der Waals surface area contributed by atoms with Crippen molar-refractivity contribution in [3.63, 3.8) is 0 Å². The summed E-state index contributed by atoms with van der Waals surface area (Å²) in [5.74, 6) is 1.17. The molecule has 158 valence electrons. The van der Waals surface area contributed by atoms with Crippen LogP contribution in [0.5, 0.6) is 5.75 Å². The van der Waals surface area contributed by atoms with Crippen molar-refractivity contribution in [2.45, 2.75) is 58.9 Å². The first-order chi connectivity index (χ1) is 13.7. The molecule has 2 rings (SSSR count). The van der Waals surface area contributed by atoms with Gasteiger partial charge in [0.1, 0.15) is 11.8 Å². The van der Waals surface area contributed by atoms with Crippen molar-refractivity contribution < 1.29 is 18.8 Å². The van der Waals surface area contributed by atoms with E-state index in [1.165, 1.54) is 0 Å². The van der Waals surface area contributed by atoms with Crippen LogP contribution >= 0.6 is 0 Å². The van der Waals surface area contributed by atoms with E-state index in [0.717, 1.165) is 0 Å². The van der Waals surface area contributed by atoms with E-state index in [1.807, 2.05) is 33.8 Å². The van der Waals surface area contributed by atoms with Crippen molar-refractivity contribution in [3.8, 4) is 5.75 Å². The second-order valence-corrected chi connectivity index (χ2v) is 7.78. The lowest BCUT2D eigenvalue weighted by molar-refractivity contribution is -0.122. The molecule has 0 bridgehead atoms. The summed E-state index contributed by atoms with van der Waals surface area (Å²) in [6, 6.07) is 6.70. The highest BCUT2D eigenvalue weighted by atomic mass is 16.5. The van der Waals surface area contributed by atoms with E-state index in [9.17, 15) is 9.59 Å². The largest absolute Gasteiger partial charge is 0.493 e. The number of rotatable bonds is 9. The summed E-state index contributed by atoms with van der Waals surface area (Å²) in [5, 5.41) is 9.62. The van der Waals surface area contributed by atoms with Crippen LogP contribution in [0, 0.1) is 0 Å². The zero-order valence-electron chi connectivity index (χ0n) is 17.7. The quantitative estimate of drug-likeness (QED) is 0.624. The van der Waals surface area contributed by atoms with Crippen LogP contribution in [-0.4, -0.2) is 35.1 Å². The average Bonchev–Trinajstić information content (AvgIpc) is 3.16. The molecule has 0 aliphatic heterocycles. The molecular formula is C21H30N4O4. The van der Waals surface area contributed by atoms with Gasteiger partial charge in [0.15, 0.2) is 5.82 Å². The molecule has 1 aromatic carbocycles. The highest BCUT2D eigenvalue weighted by Gasteiger charge is 2.23. The molecular weight excluding hydrogens is 372 g/mol. The SMILES string of the molecule is CCOc1ccccc1C(=O)NCCCC(=O)N[C@H](C)c1nc(C(C)(C)C)no1. The number of nitrogens with zero attached hydrogens (tertiary/aromatic N) is 2. The molecule has 8 nitrogen and oxygen atoms in total. The summed E-state index contributed by atoms with van der Waals surface area (Å²) < 4.78 is 10.7. The Morgan fingerprint density at radius 3 is 2.62 bits per heavy atom. The first kappa shape index (κ1) is 22.4. The predicted molar refractivity (Wildman–Crippen MR) is 109 cm³/mol. The van der Waals surface area contributed by atoms with Gasteiger partial charge in [-0.3, -0.25) is 9.59 Å². The van der Waals surface area contributed by atoms with Gasteiger partial charge in [0.2, 0.25) is 11.8 Å². The number of carbonyl (C=O) groups is 2. The fourth-order valence-electron chi connectivity index (χ4n) is 2.57. The van der Waals surface area contributed by atoms with Crippen LogP contribution in [-0.2, 0) is 10.2 Å². The van der Waals surface area contributed by atoms with Gasteiger partial charge in [0.05, 0.1) is 12.2 Å². The maximum absolute atomic E-state index is 12.3. The zero-order valence-corrected chi connectivity index (χ0v) is 17.7. The van der Waals surface area contributed by atoms with E-state index < -0.39 is 0 Å². The molecule has 0 aliphatic rings. The number of aromatic nitrogens is 2. The Labute approximate surface area is 171 Å². The van der Waals surface area contributed by atoms with Crippen LogP contribution in [0.2, 0.25) is 0 Å². The summed E-state index contributed by atoms with van der Waals surface area (Å²) in [6.45, 7) is 10.5. The van der Waals surface area contributed by atoms with Gasteiger partial charge in [-0.15, -0.1) is 0 Å². The maximum atomic E-state index is 12.3. The van der Waals surface area contributed by atoms with Gasteiger partial charge in [0, 0.05) is 18.4 Å². The van der Waals surface area contributed by atoms with Crippen molar-refractivity contribution in [2.75, 3.05) is 13.2 Å². The molecule has 0 saturated heterocycles. The van der Waals surface area contributed by atoms with Crippen LogP contribution in [0.1, 0.15) is 75.6 Å². The van der Waals surface area contributed by atoms with Crippen LogP contribution < -0.4 is 15.4 Å². The molecule has 0 aliphatic carbocycles. The molecule has 1 atom stereocenters. The molecule has 2 N–H and O–H groups in total. The number of hydrogen-bond acceptors (Lipinski definition) is 6. The first-order valence-corrected chi connectivity index (χ1v) is 9.85. The summed E-state index contributed by atoms with van der Waals surface area (Å²) >= 11 is 0. The highest BCUT2D eigenvalue weighted by molar-refractivity contribution is 5.96. The number of amides is 2. The summed E-state index contributed by atoms with van der Waals surface area (Å²) in [6.07, 6.45) is 0.788. The van der Waals surface area contributed by atoms with Gasteiger partial charge in [-0.1, -0.05) is 38.1 Å². The van der Waals surface area contributed by atoms with Crippen molar-refractivity contribution in [3.05, 3.63) is 41.5 Å². The fraction of sp³-hybridized carbons (Fsp3) is 0.524. The first-order valence-electron chi connectivity index (χ1n) is 9.85. The number of para-hydroxylation sites is 1. The summed E-state index contributed by atoms with van der Waals surface area (Å²) in [4.78, 5) is 28.8. The van der Waals surface area contributed by atoms with Crippen LogP contribution in [0.15, 0.2) is 28.8 Å². The van der Waals surface area contributed by atoms with Crippen molar-refractivity contribution in [2.24, 2.45) is 0 Å². The van der Waals surface area contributed by atoms with Crippen molar-refractivity contribution >= 4 is 11.8 Å². The molecule has 29 heavy (non-hydrogen) atoms. The lowest BCUT2D eigenvalue weighted by Crippen LogP contribution is -2.29. The van der Waals surface area contributed by atoms with Gasteiger partial charge in [-0.05, 0) is 32.4 Å². The van der Waals surface area contributed by atoms with Crippen LogP contribution in [0.4, 0.5) is 0 Å². The molecule has 8 heteroatoms. The molecule has 1 aromatic heterocycles. The third kappa shape index (κ3) is 6.58. The van der Waals surface area contributed by atoms with Gasteiger partial charge in [-0.25, -0.2) is 0 Å². The Kier molecular flexibility index (Phi) is 7.75. The van der Waals surface area contributed by atoms with E-state index in [0.29, 0.717) is 42.6 Å². The molecule has 2 aromatic rings. The van der Waals surface area contributed by atoms with E-state index in [2.05, 4.69) is 20.8 Å². The Morgan fingerprint density at radius 2 is 1.97 bits per heavy atom. The van der Waals surface area contributed by atoms with Gasteiger partial charge in [0.25, 0.3) is 5.91 Å². The number of ether oxygens (including phenoxy) is 1. The Bertz CT molecular complexity index is 826. The normalized spacial score (nSPS) is 12.3. The monoisotopic (exact) mass is 402 g/mol. The predicted octanol–water partition coefficient (Wildman–Crippen LogP) is 3.15. The fourth-order valence-corrected chi connectivity index (χ4v) is 2.57. The third-order valence-corrected chi connectivity index (χ3v) is 4.16. The summed E-state index contributed by atoms with van der Waals surface area (Å²) in [5.41, 5.74) is 0.267. The minimum Gasteiger partial charge on any atom is -0.493 e. The molecule has 0 radical (unpaired) electrons. The number of benzene rings is 1. The van der Waals surface area contributed by atoms with E-state index in [4.69, 9.17) is 9.26 Å². The topological polar surface area (TPSA) is 106 Å². The maximum Gasteiger partial charge on any atom is 0.255 e. The van der Waals surface area contributed by atoms with Crippen molar-refractivity contribution in [1.82, 2.24) is 20.8 Å². The second kappa shape index (κ2) is 10.0. The third-order valence-electron chi connectivity index (χ3n) is 4.16. The van der Waals surface area contributed by atoms with Gasteiger partial charge in [-0.2, -0.15) is 4.98 Å². The van der Waals surface area contributed by atoms with E-state index in [1.54, 1.807) is 25.1 Å². The molecule has 0 spiro atoms.